The van der Waals surface area contributed by atoms with E-state index in [2.05, 4.69) is 21.2 Å². The highest BCUT2D eigenvalue weighted by molar-refractivity contribution is 7.80. The lowest BCUT2D eigenvalue weighted by molar-refractivity contribution is 0.143. The highest BCUT2D eigenvalue weighted by Gasteiger charge is 2.33. The molecule has 2 aliphatic rings. The van der Waals surface area contributed by atoms with E-state index in [9.17, 15) is 9.59 Å². The number of carbonyl (C=O) groups excluding carboxylic acids is 2. The zero-order valence-electron chi connectivity index (χ0n) is 17.9. The first kappa shape index (κ1) is 22.7. The van der Waals surface area contributed by atoms with Crippen molar-refractivity contribution in [3.05, 3.63) is 36.3 Å². The molecule has 2 aliphatic heterocycles. The summed E-state index contributed by atoms with van der Waals surface area (Å²) in [4.78, 5) is 28.5. The van der Waals surface area contributed by atoms with Crippen molar-refractivity contribution in [1.82, 2.24) is 20.9 Å². The molecule has 33 heavy (non-hydrogen) atoms. The largest absolute Gasteiger partial charge is 0.442 e. The van der Waals surface area contributed by atoms with Crippen molar-refractivity contribution in [2.24, 2.45) is 0 Å². The Kier molecular flexibility index (Phi) is 6.89. The molecule has 4 rings (SSSR count). The summed E-state index contributed by atoms with van der Waals surface area (Å²) in [6.07, 6.45) is 0.465. The van der Waals surface area contributed by atoms with Crippen LogP contribution in [0.1, 0.15) is 6.92 Å². The van der Waals surface area contributed by atoms with E-state index >= 15 is 4.39 Å². The molecule has 0 bridgehead atoms. The standard InChI is InChI=1S/C20H24FN7O4S/c1-13(33)22-11-15-12-27(20(30)32-15)14-2-3-17(16(21)10-14)26-6-5-23-28(8-7-26)19(29)24-18-4-9-31-25-18/h2-4,9-10,15,23H,5-8,11-12H2,1H3,(H,22,33)(H,24,25,29)/t15-/m0/s1. The lowest BCUT2D eigenvalue weighted by atomic mass is 10.2. The second-order valence-electron chi connectivity index (χ2n) is 7.55. The molecule has 0 aliphatic carbocycles. The maximum atomic E-state index is 15.0. The number of carbonyl (C=O) groups is 2. The second-order valence-corrected chi connectivity index (χ2v) is 8.16. The van der Waals surface area contributed by atoms with Crippen LogP contribution in [0.5, 0.6) is 0 Å². The Bertz CT molecular complexity index is 1020. The predicted octanol–water partition coefficient (Wildman–Crippen LogP) is 1.93. The number of hydrogen-bond acceptors (Lipinski definition) is 8. The fraction of sp³-hybridized carbons (Fsp3) is 0.400. The first-order valence-corrected chi connectivity index (χ1v) is 10.8. The number of nitrogens with one attached hydrogen (secondary N) is 3. The molecule has 0 unspecified atom stereocenters. The van der Waals surface area contributed by atoms with E-state index in [0.717, 1.165) is 0 Å². The molecule has 3 amide bonds. The molecule has 3 N–H and O–H groups in total. The van der Waals surface area contributed by atoms with Crippen molar-refractivity contribution < 1.29 is 23.2 Å². The summed E-state index contributed by atoms with van der Waals surface area (Å²) in [6.45, 7) is 4.10. The lowest BCUT2D eigenvalue weighted by Crippen LogP contribution is -2.46. The number of nitrogens with zero attached hydrogens (tertiary/aromatic N) is 4. The smallest absolute Gasteiger partial charge is 0.414 e. The minimum atomic E-state index is -0.524. The van der Waals surface area contributed by atoms with Gasteiger partial charge in [-0.05, 0) is 25.1 Å². The van der Waals surface area contributed by atoms with E-state index in [1.165, 1.54) is 28.3 Å². The number of amides is 3. The van der Waals surface area contributed by atoms with Crippen LogP contribution in [-0.2, 0) is 4.74 Å². The predicted molar refractivity (Wildman–Crippen MR) is 123 cm³/mol. The third kappa shape index (κ3) is 5.49. The van der Waals surface area contributed by atoms with E-state index in [4.69, 9.17) is 21.5 Å². The molecule has 3 heterocycles. The van der Waals surface area contributed by atoms with Crippen molar-refractivity contribution in [3.8, 4) is 0 Å². The zero-order chi connectivity index (χ0) is 23.4. The van der Waals surface area contributed by atoms with Crippen molar-refractivity contribution in [2.45, 2.75) is 13.0 Å². The second kappa shape index (κ2) is 10.0. The van der Waals surface area contributed by atoms with Gasteiger partial charge in [-0.2, -0.15) is 0 Å². The third-order valence-electron chi connectivity index (χ3n) is 5.23. The van der Waals surface area contributed by atoms with Gasteiger partial charge in [0.25, 0.3) is 0 Å². The summed E-state index contributed by atoms with van der Waals surface area (Å²) in [5.74, 6) is -0.155. The van der Waals surface area contributed by atoms with Gasteiger partial charge in [0.1, 0.15) is 18.2 Å². The molecule has 176 valence electrons. The Morgan fingerprint density at radius 3 is 2.91 bits per heavy atom. The van der Waals surface area contributed by atoms with Gasteiger partial charge in [-0.25, -0.2) is 19.4 Å². The molecule has 2 aromatic rings. The average Bonchev–Trinajstić information content (AvgIpc) is 3.35. The minimum Gasteiger partial charge on any atom is -0.442 e. The topological polar surface area (TPSA) is 115 Å². The number of hydrazine groups is 1. The van der Waals surface area contributed by atoms with E-state index in [1.54, 1.807) is 19.1 Å². The van der Waals surface area contributed by atoms with Crippen LogP contribution in [0.2, 0.25) is 0 Å². The van der Waals surface area contributed by atoms with Gasteiger partial charge in [0.15, 0.2) is 5.82 Å². The summed E-state index contributed by atoms with van der Waals surface area (Å²) >= 11 is 4.98. The summed E-state index contributed by atoms with van der Waals surface area (Å²) in [7, 11) is 0. The Morgan fingerprint density at radius 1 is 1.33 bits per heavy atom. The molecular weight excluding hydrogens is 453 g/mol. The molecule has 0 spiro atoms. The Balaban J connectivity index is 1.37. The Labute approximate surface area is 194 Å². The van der Waals surface area contributed by atoms with Crippen molar-refractivity contribution >= 4 is 46.5 Å². The summed E-state index contributed by atoms with van der Waals surface area (Å²) < 4.78 is 25.0. The molecule has 11 nitrogen and oxygen atoms in total. The Morgan fingerprint density at radius 2 is 2.18 bits per heavy atom. The number of benzene rings is 1. The van der Waals surface area contributed by atoms with Crippen molar-refractivity contribution in [3.63, 3.8) is 0 Å². The van der Waals surface area contributed by atoms with Gasteiger partial charge in [-0.3, -0.25) is 15.2 Å². The van der Waals surface area contributed by atoms with Crippen molar-refractivity contribution in [2.75, 3.05) is 54.4 Å². The first-order valence-electron chi connectivity index (χ1n) is 10.4. The van der Waals surface area contributed by atoms with Gasteiger partial charge < -0.3 is 19.5 Å². The van der Waals surface area contributed by atoms with E-state index in [-0.39, 0.29) is 12.1 Å². The maximum absolute atomic E-state index is 15.0. The van der Waals surface area contributed by atoms with E-state index in [1.807, 2.05) is 4.90 Å². The molecule has 13 heteroatoms. The van der Waals surface area contributed by atoms with Crippen LogP contribution >= 0.6 is 12.2 Å². The number of thiocarbonyl (C=S) groups is 1. The number of halogens is 1. The van der Waals surface area contributed by atoms with Crippen LogP contribution in [0.3, 0.4) is 0 Å². The highest BCUT2D eigenvalue weighted by atomic mass is 32.1. The number of cyclic esters (lactones) is 1. The van der Waals surface area contributed by atoms with Gasteiger partial charge >= 0.3 is 12.1 Å². The molecule has 2 fully saturated rings. The molecule has 1 aromatic carbocycles. The number of rotatable bonds is 5. The van der Waals surface area contributed by atoms with Crippen molar-refractivity contribution in [1.29, 1.82) is 0 Å². The molecule has 0 radical (unpaired) electrons. The maximum Gasteiger partial charge on any atom is 0.414 e. The molecule has 2 saturated heterocycles. The molecule has 1 aromatic heterocycles. The van der Waals surface area contributed by atoms with Crippen LogP contribution in [0.15, 0.2) is 35.1 Å². The summed E-state index contributed by atoms with van der Waals surface area (Å²) in [5.41, 5.74) is 3.82. The van der Waals surface area contributed by atoms with Crippen LogP contribution in [0.4, 0.5) is 31.2 Å². The quantitative estimate of drug-likeness (QED) is 0.556. The minimum absolute atomic E-state index is 0.302. The number of anilines is 3. The summed E-state index contributed by atoms with van der Waals surface area (Å²) in [5, 5.41) is 10.7. The Hall–Kier alpha value is -3.45. The van der Waals surface area contributed by atoms with Gasteiger partial charge in [-0.15, -0.1) is 0 Å². The normalized spacial score (nSPS) is 18.7. The fourth-order valence-electron chi connectivity index (χ4n) is 3.62. The summed E-state index contributed by atoms with van der Waals surface area (Å²) in [6, 6.07) is 5.79. The average molecular weight is 478 g/mol. The number of urea groups is 1. The van der Waals surface area contributed by atoms with Gasteiger partial charge in [0.2, 0.25) is 0 Å². The van der Waals surface area contributed by atoms with Crippen LogP contribution in [0, 0.1) is 5.82 Å². The van der Waals surface area contributed by atoms with Gasteiger partial charge in [-0.1, -0.05) is 17.4 Å². The van der Waals surface area contributed by atoms with Crippen LogP contribution < -0.4 is 25.9 Å². The zero-order valence-corrected chi connectivity index (χ0v) is 18.7. The number of aromatic nitrogens is 1. The number of ether oxygens (including phenoxy) is 1. The van der Waals surface area contributed by atoms with E-state index in [0.29, 0.717) is 61.4 Å². The van der Waals surface area contributed by atoms with E-state index < -0.39 is 11.9 Å². The third-order valence-corrected chi connectivity index (χ3v) is 5.38. The highest BCUT2D eigenvalue weighted by Crippen LogP contribution is 2.28. The van der Waals surface area contributed by atoms with Crippen LogP contribution in [-0.4, -0.2) is 72.7 Å². The van der Waals surface area contributed by atoms with Crippen LogP contribution in [0.25, 0.3) is 0 Å². The molecule has 1 atom stereocenters. The molecular formula is C20H24FN7O4S. The van der Waals surface area contributed by atoms with Gasteiger partial charge in [0.05, 0.1) is 36.0 Å². The SMILES string of the molecule is CC(=S)NC[C@H]1CN(c2ccc(N3CCNN(C(=O)Nc4ccon4)CC3)c(F)c2)C(=O)O1. The molecule has 0 saturated carbocycles. The lowest BCUT2D eigenvalue weighted by Gasteiger charge is -2.24. The number of hydrogen-bond donors (Lipinski definition) is 3. The first-order chi connectivity index (χ1) is 15.9. The van der Waals surface area contributed by atoms with Gasteiger partial charge in [0, 0.05) is 25.7 Å². The fourth-order valence-corrected chi connectivity index (χ4v) is 3.70. The monoisotopic (exact) mass is 477 g/mol.